The molecule has 2 aromatic rings. The van der Waals surface area contributed by atoms with Crippen LogP contribution in [0.1, 0.15) is 22.8 Å². The van der Waals surface area contributed by atoms with Crippen molar-refractivity contribution >= 4 is 5.78 Å². The summed E-state index contributed by atoms with van der Waals surface area (Å²) in [6.07, 6.45) is 0. The van der Waals surface area contributed by atoms with Crippen LogP contribution in [0.3, 0.4) is 0 Å². The first kappa shape index (κ1) is 14.9. The van der Waals surface area contributed by atoms with Crippen molar-refractivity contribution in [1.82, 2.24) is 0 Å². The van der Waals surface area contributed by atoms with E-state index in [0.717, 1.165) is 17.1 Å². The fourth-order valence-electron chi connectivity index (χ4n) is 1.90. The van der Waals surface area contributed by atoms with Gasteiger partial charge in [0.25, 0.3) is 0 Å². The lowest BCUT2D eigenvalue weighted by Crippen LogP contribution is -1.98. The lowest BCUT2D eigenvalue weighted by molar-refractivity contribution is 0.101. The zero-order valence-corrected chi connectivity index (χ0v) is 12.4. The molecule has 0 radical (unpaired) electrons. The van der Waals surface area contributed by atoms with Crippen molar-refractivity contribution in [2.75, 3.05) is 14.2 Å². The Labute approximate surface area is 124 Å². The topological polar surface area (TPSA) is 44.8 Å². The van der Waals surface area contributed by atoms with Crippen molar-refractivity contribution < 1.29 is 19.0 Å². The van der Waals surface area contributed by atoms with Gasteiger partial charge in [-0.1, -0.05) is 0 Å². The second kappa shape index (κ2) is 6.79. The van der Waals surface area contributed by atoms with Gasteiger partial charge in [0.1, 0.15) is 23.9 Å². The van der Waals surface area contributed by atoms with Gasteiger partial charge in [-0.05, 0) is 48.9 Å². The number of benzene rings is 2. The minimum absolute atomic E-state index is 0.0408. The highest BCUT2D eigenvalue weighted by molar-refractivity contribution is 5.94. The Bertz CT molecular complexity index is 595. The maximum Gasteiger partial charge on any atom is 0.159 e. The third-order valence-electron chi connectivity index (χ3n) is 3.08. The first-order valence-corrected chi connectivity index (χ1v) is 6.58. The average Bonchev–Trinajstić information content (AvgIpc) is 2.52. The van der Waals surface area contributed by atoms with Crippen LogP contribution in [0.4, 0.5) is 0 Å². The molecule has 0 spiro atoms. The molecule has 4 nitrogen and oxygen atoms in total. The molecule has 0 saturated carbocycles. The molecule has 0 aliphatic rings. The van der Waals surface area contributed by atoms with Crippen LogP contribution in [-0.2, 0) is 6.61 Å². The summed E-state index contributed by atoms with van der Waals surface area (Å²) < 4.78 is 16.1. The molecule has 2 rings (SSSR count). The molecule has 0 N–H and O–H groups in total. The Morgan fingerprint density at radius 2 is 1.48 bits per heavy atom. The fraction of sp³-hybridized carbons (Fsp3) is 0.235. The summed E-state index contributed by atoms with van der Waals surface area (Å²) in [6, 6.07) is 12.7. The van der Waals surface area contributed by atoms with Gasteiger partial charge in [-0.3, -0.25) is 4.79 Å². The largest absolute Gasteiger partial charge is 0.497 e. The van der Waals surface area contributed by atoms with Crippen LogP contribution in [0.2, 0.25) is 0 Å². The molecule has 0 saturated heterocycles. The summed E-state index contributed by atoms with van der Waals surface area (Å²) in [7, 11) is 3.22. The zero-order valence-electron chi connectivity index (χ0n) is 12.4. The monoisotopic (exact) mass is 286 g/mol. The first-order valence-electron chi connectivity index (χ1n) is 6.58. The van der Waals surface area contributed by atoms with Gasteiger partial charge in [-0.2, -0.15) is 0 Å². The highest BCUT2D eigenvalue weighted by Crippen LogP contribution is 2.23. The number of carbonyl (C=O) groups is 1. The van der Waals surface area contributed by atoms with Crippen LogP contribution in [0, 0.1) is 0 Å². The summed E-state index contributed by atoms with van der Waals surface area (Å²) in [5.74, 6) is 2.20. The van der Waals surface area contributed by atoms with Crippen molar-refractivity contribution in [3.63, 3.8) is 0 Å². The van der Waals surface area contributed by atoms with E-state index in [1.807, 2.05) is 18.2 Å². The van der Waals surface area contributed by atoms with Crippen molar-refractivity contribution in [2.45, 2.75) is 13.5 Å². The summed E-state index contributed by atoms with van der Waals surface area (Å²) in [4.78, 5) is 11.2. The SMILES string of the molecule is COc1cc(COc2ccc(C(C)=O)cc2)cc(OC)c1. The van der Waals surface area contributed by atoms with Crippen LogP contribution in [0.15, 0.2) is 42.5 Å². The van der Waals surface area contributed by atoms with Gasteiger partial charge >= 0.3 is 0 Å². The number of ether oxygens (including phenoxy) is 3. The zero-order chi connectivity index (χ0) is 15.2. The molecule has 0 bridgehead atoms. The van der Waals surface area contributed by atoms with Crippen molar-refractivity contribution in [3.8, 4) is 17.2 Å². The van der Waals surface area contributed by atoms with E-state index < -0.39 is 0 Å². The van der Waals surface area contributed by atoms with Gasteiger partial charge in [0, 0.05) is 11.6 Å². The molecule has 21 heavy (non-hydrogen) atoms. The normalized spacial score (nSPS) is 10.0. The quantitative estimate of drug-likeness (QED) is 0.763. The number of Topliss-reactive ketones (excluding diaryl/α,β-unsaturated/α-hetero) is 1. The number of rotatable bonds is 6. The Kier molecular flexibility index (Phi) is 4.82. The van der Waals surface area contributed by atoms with Crippen LogP contribution in [0.25, 0.3) is 0 Å². The third-order valence-corrected chi connectivity index (χ3v) is 3.08. The second-order valence-corrected chi connectivity index (χ2v) is 4.59. The van der Waals surface area contributed by atoms with Crippen molar-refractivity contribution in [1.29, 1.82) is 0 Å². The van der Waals surface area contributed by atoms with Crippen LogP contribution in [0.5, 0.6) is 17.2 Å². The minimum Gasteiger partial charge on any atom is -0.497 e. The van der Waals surface area contributed by atoms with E-state index in [9.17, 15) is 4.79 Å². The van der Waals surface area contributed by atoms with Crippen LogP contribution < -0.4 is 14.2 Å². The van der Waals surface area contributed by atoms with Gasteiger partial charge in [-0.15, -0.1) is 0 Å². The molecule has 0 aromatic heterocycles. The van der Waals surface area contributed by atoms with Gasteiger partial charge in [0.2, 0.25) is 0 Å². The van der Waals surface area contributed by atoms with E-state index in [1.165, 1.54) is 0 Å². The van der Waals surface area contributed by atoms with Crippen LogP contribution >= 0.6 is 0 Å². The van der Waals surface area contributed by atoms with Crippen LogP contribution in [-0.4, -0.2) is 20.0 Å². The summed E-state index contributed by atoms with van der Waals surface area (Å²) in [5, 5.41) is 0. The minimum atomic E-state index is 0.0408. The Morgan fingerprint density at radius 3 is 1.95 bits per heavy atom. The predicted molar refractivity (Wildman–Crippen MR) is 80.3 cm³/mol. The van der Waals surface area contributed by atoms with E-state index in [2.05, 4.69) is 0 Å². The maximum absolute atomic E-state index is 11.2. The van der Waals surface area contributed by atoms with Gasteiger partial charge in [-0.25, -0.2) is 0 Å². The molecule has 0 aliphatic heterocycles. The molecule has 0 amide bonds. The van der Waals surface area contributed by atoms with Gasteiger partial charge in [0.15, 0.2) is 5.78 Å². The number of ketones is 1. The molecule has 0 fully saturated rings. The predicted octanol–water partition coefficient (Wildman–Crippen LogP) is 3.49. The van der Waals surface area contributed by atoms with E-state index in [1.54, 1.807) is 45.4 Å². The van der Waals surface area contributed by atoms with E-state index in [0.29, 0.717) is 17.9 Å². The van der Waals surface area contributed by atoms with Gasteiger partial charge < -0.3 is 14.2 Å². The molecule has 4 heteroatoms. The van der Waals surface area contributed by atoms with Crippen molar-refractivity contribution in [3.05, 3.63) is 53.6 Å². The molecule has 0 aliphatic carbocycles. The Hall–Kier alpha value is -2.49. The molecular formula is C17H18O4. The number of hydrogen-bond acceptors (Lipinski definition) is 4. The van der Waals surface area contributed by atoms with Gasteiger partial charge in [0.05, 0.1) is 14.2 Å². The molecule has 0 atom stereocenters. The molecule has 0 heterocycles. The lowest BCUT2D eigenvalue weighted by Gasteiger charge is -2.10. The maximum atomic E-state index is 11.2. The number of carbonyl (C=O) groups excluding carboxylic acids is 1. The standard InChI is InChI=1S/C17H18O4/c1-12(18)14-4-6-15(7-5-14)21-11-13-8-16(19-2)10-17(9-13)20-3/h4-10H,11H2,1-3H3. The second-order valence-electron chi connectivity index (χ2n) is 4.59. The highest BCUT2D eigenvalue weighted by Gasteiger charge is 2.04. The first-order chi connectivity index (χ1) is 10.1. The summed E-state index contributed by atoms with van der Waals surface area (Å²) in [6.45, 7) is 1.94. The lowest BCUT2D eigenvalue weighted by atomic mass is 10.1. The summed E-state index contributed by atoms with van der Waals surface area (Å²) >= 11 is 0. The molecule has 0 unspecified atom stereocenters. The number of methoxy groups -OCH3 is 2. The fourth-order valence-corrected chi connectivity index (χ4v) is 1.90. The Morgan fingerprint density at radius 1 is 0.905 bits per heavy atom. The third kappa shape index (κ3) is 3.99. The highest BCUT2D eigenvalue weighted by atomic mass is 16.5. The molecule has 110 valence electrons. The Balaban J connectivity index is 2.06. The van der Waals surface area contributed by atoms with E-state index >= 15 is 0 Å². The average molecular weight is 286 g/mol. The van der Waals surface area contributed by atoms with E-state index in [-0.39, 0.29) is 5.78 Å². The molecule has 2 aromatic carbocycles. The summed E-state index contributed by atoms with van der Waals surface area (Å²) in [5.41, 5.74) is 1.62. The molecular weight excluding hydrogens is 268 g/mol. The van der Waals surface area contributed by atoms with E-state index in [4.69, 9.17) is 14.2 Å². The van der Waals surface area contributed by atoms with Crippen molar-refractivity contribution in [2.24, 2.45) is 0 Å². The smallest absolute Gasteiger partial charge is 0.159 e. The number of hydrogen-bond donors (Lipinski definition) is 0.